The molecule has 1 aliphatic heterocycles. The smallest absolute Gasteiger partial charge is 0.129 e. The maximum absolute atomic E-state index is 5.74. The Labute approximate surface area is 107 Å². The van der Waals surface area contributed by atoms with Gasteiger partial charge in [0.15, 0.2) is 0 Å². The molecule has 0 radical (unpaired) electrons. The quantitative estimate of drug-likeness (QED) is 0.848. The zero-order chi connectivity index (χ0) is 10.7. The molecule has 0 spiro atoms. The SMILES string of the molecule is Cl.NCC1CCCN1Cc1ccc(Cl)nc1. The second kappa shape index (κ2) is 6.40. The number of hydrogen-bond donors (Lipinski definition) is 1. The van der Waals surface area contributed by atoms with Gasteiger partial charge in [0.1, 0.15) is 5.15 Å². The largest absolute Gasteiger partial charge is 0.329 e. The van der Waals surface area contributed by atoms with Gasteiger partial charge in [-0.05, 0) is 31.0 Å². The first-order valence-electron chi connectivity index (χ1n) is 5.34. The van der Waals surface area contributed by atoms with Gasteiger partial charge in [0.05, 0.1) is 0 Å². The van der Waals surface area contributed by atoms with Crippen molar-refractivity contribution in [3.8, 4) is 0 Å². The number of aromatic nitrogens is 1. The molecule has 2 heterocycles. The topological polar surface area (TPSA) is 42.1 Å². The van der Waals surface area contributed by atoms with Crippen LogP contribution < -0.4 is 5.73 Å². The molecule has 1 aliphatic rings. The molecule has 0 aliphatic carbocycles. The van der Waals surface area contributed by atoms with Crippen molar-refractivity contribution in [1.29, 1.82) is 0 Å². The van der Waals surface area contributed by atoms with Crippen molar-refractivity contribution in [2.75, 3.05) is 13.1 Å². The zero-order valence-electron chi connectivity index (χ0n) is 9.10. The van der Waals surface area contributed by atoms with Gasteiger partial charge in [0.2, 0.25) is 0 Å². The molecule has 1 fully saturated rings. The fourth-order valence-corrected chi connectivity index (χ4v) is 2.22. The highest BCUT2D eigenvalue weighted by Gasteiger charge is 2.22. The van der Waals surface area contributed by atoms with Crippen LogP contribution in [0.15, 0.2) is 18.3 Å². The normalized spacial score (nSPS) is 20.8. The first-order valence-corrected chi connectivity index (χ1v) is 5.72. The number of hydrogen-bond acceptors (Lipinski definition) is 3. The van der Waals surface area contributed by atoms with Gasteiger partial charge in [-0.15, -0.1) is 12.4 Å². The lowest BCUT2D eigenvalue weighted by Gasteiger charge is -2.22. The first kappa shape index (κ1) is 13.7. The van der Waals surface area contributed by atoms with Crippen molar-refractivity contribution in [2.24, 2.45) is 5.73 Å². The summed E-state index contributed by atoms with van der Waals surface area (Å²) in [6, 6.07) is 4.41. The summed E-state index contributed by atoms with van der Waals surface area (Å²) < 4.78 is 0. The Bertz CT molecular complexity index is 316. The Balaban J connectivity index is 0.00000128. The van der Waals surface area contributed by atoms with Crippen LogP contribution in [0, 0.1) is 0 Å². The van der Waals surface area contributed by atoms with Crippen molar-refractivity contribution in [1.82, 2.24) is 9.88 Å². The number of nitrogens with two attached hydrogens (primary N) is 1. The summed E-state index contributed by atoms with van der Waals surface area (Å²) in [7, 11) is 0. The Kier molecular flexibility index (Phi) is 5.49. The molecule has 2 N–H and O–H groups in total. The molecular weight excluding hydrogens is 245 g/mol. The third-order valence-electron chi connectivity index (χ3n) is 2.95. The van der Waals surface area contributed by atoms with Crippen LogP contribution in [0.1, 0.15) is 18.4 Å². The van der Waals surface area contributed by atoms with E-state index in [1.54, 1.807) is 0 Å². The van der Waals surface area contributed by atoms with Crippen LogP contribution in [0.4, 0.5) is 0 Å². The molecule has 1 saturated heterocycles. The van der Waals surface area contributed by atoms with Crippen molar-refractivity contribution < 1.29 is 0 Å². The Morgan fingerprint density at radius 3 is 2.94 bits per heavy atom. The average molecular weight is 262 g/mol. The predicted octanol–water partition coefficient (Wildman–Crippen LogP) is 2.08. The molecule has 0 amide bonds. The molecule has 2 rings (SSSR count). The van der Waals surface area contributed by atoms with Crippen molar-refractivity contribution in [3.05, 3.63) is 29.0 Å². The van der Waals surface area contributed by atoms with E-state index in [0.717, 1.165) is 19.6 Å². The molecule has 0 bridgehead atoms. The number of likely N-dealkylation sites (tertiary alicyclic amines) is 1. The minimum Gasteiger partial charge on any atom is -0.329 e. The minimum absolute atomic E-state index is 0. The van der Waals surface area contributed by atoms with E-state index in [1.165, 1.54) is 18.4 Å². The molecule has 5 heteroatoms. The van der Waals surface area contributed by atoms with E-state index in [1.807, 2.05) is 18.3 Å². The standard InChI is InChI=1S/C11H16ClN3.ClH/c12-11-4-3-9(7-14-11)8-15-5-1-2-10(15)6-13;/h3-4,7,10H,1-2,5-6,8,13H2;1H. The summed E-state index contributed by atoms with van der Waals surface area (Å²) in [4.78, 5) is 6.50. The molecule has 1 aromatic rings. The first-order chi connectivity index (χ1) is 7.29. The maximum Gasteiger partial charge on any atom is 0.129 e. The van der Waals surface area contributed by atoms with Gasteiger partial charge in [-0.1, -0.05) is 17.7 Å². The monoisotopic (exact) mass is 261 g/mol. The molecule has 3 nitrogen and oxygen atoms in total. The third kappa shape index (κ3) is 3.32. The molecule has 1 unspecified atom stereocenters. The summed E-state index contributed by atoms with van der Waals surface area (Å²) in [6.07, 6.45) is 4.31. The highest BCUT2D eigenvalue weighted by Crippen LogP contribution is 2.19. The van der Waals surface area contributed by atoms with E-state index in [-0.39, 0.29) is 12.4 Å². The fraction of sp³-hybridized carbons (Fsp3) is 0.545. The summed E-state index contributed by atoms with van der Waals surface area (Å²) in [6.45, 7) is 2.83. The highest BCUT2D eigenvalue weighted by atomic mass is 35.5. The van der Waals surface area contributed by atoms with Crippen LogP contribution in [0.25, 0.3) is 0 Å². The third-order valence-corrected chi connectivity index (χ3v) is 3.17. The summed E-state index contributed by atoms with van der Waals surface area (Å²) in [5.74, 6) is 0. The molecule has 1 aromatic heterocycles. The van der Waals surface area contributed by atoms with Crippen molar-refractivity contribution in [2.45, 2.75) is 25.4 Å². The van der Waals surface area contributed by atoms with Crippen molar-refractivity contribution in [3.63, 3.8) is 0 Å². The average Bonchev–Trinajstić information content (AvgIpc) is 2.69. The van der Waals surface area contributed by atoms with Crippen molar-refractivity contribution >= 4 is 24.0 Å². The second-order valence-electron chi connectivity index (χ2n) is 3.99. The van der Waals surface area contributed by atoms with Crippen LogP contribution in [0.3, 0.4) is 0 Å². The number of pyridine rings is 1. The lowest BCUT2D eigenvalue weighted by molar-refractivity contribution is 0.250. The van der Waals surface area contributed by atoms with Crippen LogP contribution in [-0.4, -0.2) is 29.0 Å². The number of halogens is 2. The van der Waals surface area contributed by atoms with Crippen LogP contribution in [0.2, 0.25) is 5.15 Å². The molecular formula is C11H17Cl2N3. The minimum atomic E-state index is 0. The maximum atomic E-state index is 5.74. The predicted molar refractivity (Wildman–Crippen MR) is 69.0 cm³/mol. The van der Waals surface area contributed by atoms with E-state index in [2.05, 4.69) is 9.88 Å². The van der Waals surface area contributed by atoms with Gasteiger partial charge in [-0.3, -0.25) is 4.90 Å². The van der Waals surface area contributed by atoms with Crippen LogP contribution >= 0.6 is 24.0 Å². The van der Waals surface area contributed by atoms with Gasteiger partial charge >= 0.3 is 0 Å². The molecule has 1 atom stereocenters. The summed E-state index contributed by atoms with van der Waals surface area (Å²) in [5, 5.41) is 0.551. The van der Waals surface area contributed by atoms with Gasteiger partial charge < -0.3 is 5.73 Å². The van der Waals surface area contributed by atoms with Crippen LogP contribution in [0.5, 0.6) is 0 Å². The Morgan fingerprint density at radius 2 is 2.31 bits per heavy atom. The lowest BCUT2D eigenvalue weighted by Crippen LogP contribution is -2.34. The van der Waals surface area contributed by atoms with Gasteiger partial charge in [-0.2, -0.15) is 0 Å². The van der Waals surface area contributed by atoms with E-state index in [4.69, 9.17) is 17.3 Å². The van der Waals surface area contributed by atoms with E-state index in [9.17, 15) is 0 Å². The number of nitrogens with zero attached hydrogens (tertiary/aromatic N) is 2. The summed E-state index contributed by atoms with van der Waals surface area (Å²) >= 11 is 5.74. The Hall–Kier alpha value is -0.350. The van der Waals surface area contributed by atoms with E-state index in [0.29, 0.717) is 11.2 Å². The lowest BCUT2D eigenvalue weighted by atomic mass is 10.2. The highest BCUT2D eigenvalue weighted by molar-refractivity contribution is 6.29. The molecule has 0 saturated carbocycles. The van der Waals surface area contributed by atoms with E-state index >= 15 is 0 Å². The molecule has 90 valence electrons. The Morgan fingerprint density at radius 1 is 1.50 bits per heavy atom. The second-order valence-corrected chi connectivity index (χ2v) is 4.38. The molecule has 16 heavy (non-hydrogen) atoms. The van der Waals surface area contributed by atoms with E-state index < -0.39 is 0 Å². The number of rotatable bonds is 3. The summed E-state index contributed by atoms with van der Waals surface area (Å²) in [5.41, 5.74) is 6.93. The zero-order valence-corrected chi connectivity index (χ0v) is 10.7. The van der Waals surface area contributed by atoms with Gasteiger partial charge in [0, 0.05) is 25.3 Å². The van der Waals surface area contributed by atoms with Gasteiger partial charge in [0.25, 0.3) is 0 Å². The van der Waals surface area contributed by atoms with Gasteiger partial charge in [-0.25, -0.2) is 4.98 Å². The van der Waals surface area contributed by atoms with Crippen LogP contribution in [-0.2, 0) is 6.54 Å². The molecule has 0 aromatic carbocycles. The fourth-order valence-electron chi connectivity index (χ4n) is 2.10.